The van der Waals surface area contributed by atoms with E-state index in [2.05, 4.69) is 18.8 Å². The van der Waals surface area contributed by atoms with E-state index in [0.717, 1.165) is 28.6 Å². The van der Waals surface area contributed by atoms with Gasteiger partial charge in [-0.15, -0.1) is 0 Å². The van der Waals surface area contributed by atoms with Crippen LogP contribution < -0.4 is 4.74 Å². The van der Waals surface area contributed by atoms with Crippen LogP contribution in [0, 0.1) is 5.92 Å². The van der Waals surface area contributed by atoms with Crippen molar-refractivity contribution in [3.63, 3.8) is 0 Å². The average molecular weight is 273 g/mol. The van der Waals surface area contributed by atoms with Crippen molar-refractivity contribution in [1.82, 2.24) is 4.98 Å². The molecule has 1 heterocycles. The first-order valence-electron chi connectivity index (χ1n) is 7.32. The van der Waals surface area contributed by atoms with Crippen LogP contribution in [-0.4, -0.2) is 16.9 Å². The first-order valence-corrected chi connectivity index (χ1v) is 7.32. The summed E-state index contributed by atoms with van der Waals surface area (Å²) in [5.74, 6) is 1.43. The van der Waals surface area contributed by atoms with E-state index < -0.39 is 0 Å². The Balaban J connectivity index is 2.31. The zero-order valence-electron chi connectivity index (χ0n) is 12.7. The van der Waals surface area contributed by atoms with Crippen LogP contribution in [0.4, 0.5) is 0 Å². The highest BCUT2D eigenvalue weighted by molar-refractivity contribution is 6.08. The van der Waals surface area contributed by atoms with Crippen molar-refractivity contribution < 1.29 is 9.53 Å². The van der Waals surface area contributed by atoms with Crippen LogP contribution in [0.5, 0.6) is 5.75 Å². The van der Waals surface area contributed by atoms with E-state index in [1.807, 2.05) is 38.2 Å². The summed E-state index contributed by atoms with van der Waals surface area (Å²) >= 11 is 0. The Morgan fingerprint density at radius 2 is 2.05 bits per heavy atom. The summed E-state index contributed by atoms with van der Waals surface area (Å²) in [6.45, 7) is 8.22. The van der Waals surface area contributed by atoms with Gasteiger partial charge in [-0.1, -0.05) is 20.3 Å². The third-order valence-corrected chi connectivity index (χ3v) is 3.56. The molecule has 108 valence electrons. The van der Waals surface area contributed by atoms with Gasteiger partial charge in [0.1, 0.15) is 5.75 Å². The molecule has 2 aromatic rings. The summed E-state index contributed by atoms with van der Waals surface area (Å²) in [5, 5.41) is 0.955. The number of benzene rings is 1. The molecule has 3 nitrogen and oxygen atoms in total. The number of nitrogens with one attached hydrogen (secondary N) is 1. The summed E-state index contributed by atoms with van der Waals surface area (Å²) in [6.07, 6.45) is 3.56. The summed E-state index contributed by atoms with van der Waals surface area (Å²) in [7, 11) is 0. The molecule has 0 aliphatic rings. The second-order valence-corrected chi connectivity index (χ2v) is 5.72. The van der Waals surface area contributed by atoms with Gasteiger partial charge in [0.2, 0.25) is 0 Å². The number of hydrogen-bond acceptors (Lipinski definition) is 2. The Morgan fingerprint density at radius 3 is 2.70 bits per heavy atom. The number of aromatic nitrogens is 1. The van der Waals surface area contributed by atoms with Crippen LogP contribution in [0.1, 0.15) is 50.9 Å². The number of H-pyrrole nitrogens is 1. The maximum absolute atomic E-state index is 12.4. The molecular formula is C17H23NO2. The molecule has 3 heteroatoms. The van der Waals surface area contributed by atoms with Crippen molar-refractivity contribution in [2.24, 2.45) is 5.92 Å². The lowest BCUT2D eigenvalue weighted by atomic mass is 9.97. The molecule has 1 aromatic carbocycles. The Bertz CT molecular complexity index is 598. The zero-order chi connectivity index (χ0) is 14.7. The van der Waals surface area contributed by atoms with Crippen molar-refractivity contribution in [2.75, 3.05) is 0 Å². The molecule has 0 fully saturated rings. The van der Waals surface area contributed by atoms with Gasteiger partial charge in [0.15, 0.2) is 5.78 Å². The molecule has 1 N–H and O–H groups in total. The third-order valence-electron chi connectivity index (χ3n) is 3.56. The maximum atomic E-state index is 12.4. The topological polar surface area (TPSA) is 42.1 Å². The van der Waals surface area contributed by atoms with Crippen LogP contribution in [-0.2, 0) is 0 Å². The second kappa shape index (κ2) is 6.12. The average Bonchev–Trinajstić information content (AvgIpc) is 2.80. The lowest BCUT2D eigenvalue weighted by molar-refractivity contribution is 0.0965. The molecule has 0 aliphatic heterocycles. The number of Topliss-reactive ketones (excluding diaryl/α,β-unsaturated/α-hetero) is 1. The summed E-state index contributed by atoms with van der Waals surface area (Å²) in [5.41, 5.74) is 1.75. The first-order chi connectivity index (χ1) is 9.51. The van der Waals surface area contributed by atoms with Crippen LogP contribution in [0.15, 0.2) is 24.4 Å². The van der Waals surface area contributed by atoms with Crippen molar-refractivity contribution >= 4 is 16.7 Å². The fourth-order valence-electron chi connectivity index (χ4n) is 2.25. The number of carbonyl (C=O) groups excluding carboxylic acids is 1. The van der Waals surface area contributed by atoms with E-state index in [0.29, 0.717) is 12.3 Å². The molecule has 1 atom stereocenters. The third kappa shape index (κ3) is 3.21. The second-order valence-electron chi connectivity index (χ2n) is 5.72. The lowest BCUT2D eigenvalue weighted by Crippen LogP contribution is -2.06. The van der Waals surface area contributed by atoms with Crippen LogP contribution in [0.2, 0.25) is 0 Å². The molecule has 0 saturated carbocycles. The molecular weight excluding hydrogens is 250 g/mol. The normalized spacial score (nSPS) is 12.8. The van der Waals surface area contributed by atoms with E-state index in [1.165, 1.54) is 0 Å². The Morgan fingerprint density at radius 1 is 1.30 bits per heavy atom. The highest BCUT2D eigenvalue weighted by Crippen LogP contribution is 2.26. The summed E-state index contributed by atoms with van der Waals surface area (Å²) in [4.78, 5) is 15.5. The molecule has 1 aromatic heterocycles. The molecule has 0 amide bonds. The van der Waals surface area contributed by atoms with Crippen molar-refractivity contribution in [3.05, 3.63) is 30.0 Å². The minimum Gasteiger partial charge on any atom is -0.491 e. The first kappa shape index (κ1) is 14.6. The van der Waals surface area contributed by atoms with E-state index >= 15 is 0 Å². The van der Waals surface area contributed by atoms with Crippen molar-refractivity contribution in [1.29, 1.82) is 0 Å². The molecule has 0 radical (unpaired) electrons. The van der Waals surface area contributed by atoms with Gasteiger partial charge < -0.3 is 9.72 Å². The van der Waals surface area contributed by atoms with E-state index in [4.69, 9.17) is 4.74 Å². The van der Waals surface area contributed by atoms with Gasteiger partial charge in [-0.2, -0.15) is 0 Å². The van der Waals surface area contributed by atoms with Gasteiger partial charge in [0.25, 0.3) is 0 Å². The molecule has 0 spiro atoms. The fourth-order valence-corrected chi connectivity index (χ4v) is 2.25. The number of hydrogen-bond donors (Lipinski definition) is 1. The quantitative estimate of drug-likeness (QED) is 0.783. The van der Waals surface area contributed by atoms with E-state index in [9.17, 15) is 4.79 Å². The van der Waals surface area contributed by atoms with Gasteiger partial charge in [-0.3, -0.25) is 4.79 Å². The molecule has 1 unspecified atom stereocenters. The summed E-state index contributed by atoms with van der Waals surface area (Å²) < 4.78 is 5.70. The Hall–Kier alpha value is -1.77. The highest BCUT2D eigenvalue weighted by Gasteiger charge is 2.15. The number of ether oxygens (including phenoxy) is 1. The largest absolute Gasteiger partial charge is 0.491 e. The van der Waals surface area contributed by atoms with Crippen LogP contribution in [0.25, 0.3) is 10.9 Å². The fraction of sp³-hybridized carbons (Fsp3) is 0.471. The predicted octanol–water partition coefficient (Wildman–Crippen LogP) is 4.57. The van der Waals surface area contributed by atoms with Gasteiger partial charge in [0.05, 0.1) is 6.10 Å². The molecule has 0 aliphatic carbocycles. The van der Waals surface area contributed by atoms with E-state index in [1.54, 1.807) is 0 Å². The predicted molar refractivity (Wildman–Crippen MR) is 82.5 cm³/mol. The van der Waals surface area contributed by atoms with Gasteiger partial charge in [-0.25, -0.2) is 0 Å². The minimum atomic E-state index is 0.130. The van der Waals surface area contributed by atoms with Crippen molar-refractivity contribution in [3.8, 4) is 5.75 Å². The SMILES string of the molecule is CCC(C)CC(=O)c1c[nH]c2ccc(OC(C)C)cc12. The molecule has 2 rings (SSSR count). The number of fused-ring (bicyclic) bond motifs is 1. The maximum Gasteiger partial charge on any atom is 0.165 e. The number of aromatic amines is 1. The highest BCUT2D eigenvalue weighted by atomic mass is 16.5. The molecule has 20 heavy (non-hydrogen) atoms. The zero-order valence-corrected chi connectivity index (χ0v) is 12.7. The van der Waals surface area contributed by atoms with Gasteiger partial charge in [-0.05, 0) is 38.0 Å². The molecule has 0 saturated heterocycles. The van der Waals surface area contributed by atoms with Crippen LogP contribution >= 0.6 is 0 Å². The molecule has 0 bridgehead atoms. The smallest absolute Gasteiger partial charge is 0.165 e. The number of carbonyl (C=O) groups is 1. The lowest BCUT2D eigenvalue weighted by Gasteiger charge is -2.10. The Kier molecular flexibility index (Phi) is 4.48. The Labute approximate surface area is 120 Å². The van der Waals surface area contributed by atoms with Gasteiger partial charge >= 0.3 is 0 Å². The van der Waals surface area contributed by atoms with Crippen LogP contribution in [0.3, 0.4) is 0 Å². The van der Waals surface area contributed by atoms with Crippen molar-refractivity contribution in [2.45, 2.75) is 46.6 Å². The summed E-state index contributed by atoms with van der Waals surface area (Å²) in [6, 6.07) is 5.85. The standard InChI is InChI=1S/C17H23NO2/c1-5-12(4)8-17(19)15-10-18-16-7-6-13(9-14(15)16)20-11(2)3/h6-7,9-12,18H,5,8H2,1-4H3. The van der Waals surface area contributed by atoms with Gasteiger partial charge in [0, 0.05) is 29.1 Å². The monoisotopic (exact) mass is 273 g/mol. The number of rotatable bonds is 6. The van der Waals surface area contributed by atoms with E-state index in [-0.39, 0.29) is 11.9 Å². The number of ketones is 1. The minimum absolute atomic E-state index is 0.130.